The van der Waals surface area contributed by atoms with Gasteiger partial charge < -0.3 is 14.2 Å². The molecular weight excluding hydrogens is 1020 g/mol. The quantitative estimate of drug-likeness (QED) is 0.0261. The molecule has 6 nitrogen and oxygen atoms in total. The highest BCUT2D eigenvalue weighted by atomic mass is 16.6. The van der Waals surface area contributed by atoms with Gasteiger partial charge in [-0.15, -0.1) is 0 Å². The number of carbonyl (C=O) groups is 3. The van der Waals surface area contributed by atoms with E-state index in [1.807, 2.05) is 0 Å². The fourth-order valence-corrected chi connectivity index (χ4v) is 10.3. The molecule has 0 bridgehead atoms. The van der Waals surface area contributed by atoms with Gasteiger partial charge >= 0.3 is 17.9 Å². The Kier molecular flexibility index (Phi) is 67.7. The maximum Gasteiger partial charge on any atom is 0.306 e. The Balaban J connectivity index is 4.12. The molecule has 0 N–H and O–H groups in total. The number of carbonyl (C=O) groups excluding carboxylic acids is 3. The molecule has 83 heavy (non-hydrogen) atoms. The van der Waals surface area contributed by atoms with Crippen LogP contribution in [-0.4, -0.2) is 37.2 Å². The normalized spacial score (nSPS) is 12.7. The monoisotopic (exact) mass is 1160 g/mol. The van der Waals surface area contributed by atoms with Gasteiger partial charge in [-0.25, -0.2) is 0 Å². The van der Waals surface area contributed by atoms with Crippen LogP contribution in [-0.2, 0) is 28.6 Å². The summed E-state index contributed by atoms with van der Waals surface area (Å²) in [6.45, 7) is 6.51. The smallest absolute Gasteiger partial charge is 0.306 e. The molecule has 0 saturated carbocycles. The Hall–Kier alpha value is -3.67. The molecule has 0 aliphatic carbocycles. The van der Waals surface area contributed by atoms with Crippen molar-refractivity contribution in [3.8, 4) is 0 Å². The molecule has 0 aliphatic rings. The lowest BCUT2D eigenvalue weighted by Crippen LogP contribution is -2.30. The molecule has 0 aliphatic heterocycles. The van der Waals surface area contributed by atoms with Gasteiger partial charge in [0.1, 0.15) is 13.2 Å². The lowest BCUT2D eigenvalue weighted by atomic mass is 10.0. The van der Waals surface area contributed by atoms with E-state index in [4.69, 9.17) is 14.2 Å². The minimum Gasteiger partial charge on any atom is -0.462 e. The minimum absolute atomic E-state index is 0.0826. The molecule has 0 aromatic heterocycles. The summed E-state index contributed by atoms with van der Waals surface area (Å²) in [6.07, 6.45) is 96.2. The summed E-state index contributed by atoms with van der Waals surface area (Å²) in [7, 11) is 0. The standard InChI is InChI=1S/C77H134O6/c1-4-7-10-13-16-18-20-22-24-26-28-30-32-34-36-38-40-42-44-46-48-50-52-54-56-58-61-64-67-70-76(79)82-73-74(72-81-75(78)69-66-63-60-15-12-9-6-3)83-77(80)71-68-65-62-59-57-55-53-51-49-47-45-43-41-39-37-35-33-31-29-27-25-23-21-19-17-14-11-8-5-2/h7,10,16,18,22,24,28,30,34,36,40,42,46,48,52,54,74H,4-6,8-9,11-15,17,19-21,23,25-27,29,31-33,35,37-39,41,43-45,47,49-51,53,55-73H2,1-3H3/b10-7-,18-16-,24-22-,30-28-,36-34-,42-40-,48-46-,54-52-. The number of allylic oxidation sites excluding steroid dienone is 16. The van der Waals surface area contributed by atoms with Gasteiger partial charge in [0.15, 0.2) is 6.10 Å². The molecule has 0 amide bonds. The summed E-state index contributed by atoms with van der Waals surface area (Å²) >= 11 is 0. The second kappa shape index (κ2) is 70.8. The van der Waals surface area contributed by atoms with Crippen molar-refractivity contribution >= 4 is 17.9 Å². The molecule has 0 aromatic carbocycles. The molecular formula is C77H134O6. The Labute approximate surface area is 515 Å². The van der Waals surface area contributed by atoms with Crippen molar-refractivity contribution in [1.82, 2.24) is 0 Å². The zero-order chi connectivity index (χ0) is 59.9. The van der Waals surface area contributed by atoms with Gasteiger partial charge in [-0.05, 0) is 83.5 Å². The van der Waals surface area contributed by atoms with Crippen LogP contribution in [0.5, 0.6) is 0 Å². The average molecular weight is 1160 g/mol. The number of rotatable bonds is 65. The van der Waals surface area contributed by atoms with E-state index in [0.29, 0.717) is 19.3 Å². The van der Waals surface area contributed by atoms with Crippen LogP contribution in [0.1, 0.15) is 355 Å². The summed E-state index contributed by atoms with van der Waals surface area (Å²) in [4.78, 5) is 38.2. The summed E-state index contributed by atoms with van der Waals surface area (Å²) in [5.74, 6) is -0.901. The first-order valence-electron chi connectivity index (χ1n) is 35.7. The maximum absolute atomic E-state index is 12.9. The lowest BCUT2D eigenvalue weighted by Gasteiger charge is -2.18. The van der Waals surface area contributed by atoms with Crippen LogP contribution < -0.4 is 0 Å². The van der Waals surface area contributed by atoms with E-state index in [2.05, 4.69) is 118 Å². The van der Waals surface area contributed by atoms with Crippen LogP contribution in [0, 0.1) is 0 Å². The van der Waals surface area contributed by atoms with Crippen molar-refractivity contribution in [3.05, 3.63) is 97.2 Å². The van der Waals surface area contributed by atoms with Crippen molar-refractivity contribution in [1.29, 1.82) is 0 Å². The largest absolute Gasteiger partial charge is 0.462 e. The molecule has 1 atom stereocenters. The van der Waals surface area contributed by atoms with Gasteiger partial charge in [0.2, 0.25) is 0 Å². The Morgan fingerprint density at radius 1 is 0.253 bits per heavy atom. The average Bonchev–Trinajstić information content (AvgIpc) is 3.49. The Morgan fingerprint density at radius 2 is 0.470 bits per heavy atom. The van der Waals surface area contributed by atoms with E-state index in [9.17, 15) is 14.4 Å². The van der Waals surface area contributed by atoms with Crippen LogP contribution in [0.15, 0.2) is 97.2 Å². The molecule has 0 saturated heterocycles. The highest BCUT2D eigenvalue weighted by Gasteiger charge is 2.19. The van der Waals surface area contributed by atoms with E-state index < -0.39 is 6.10 Å². The topological polar surface area (TPSA) is 78.9 Å². The molecule has 0 rings (SSSR count). The molecule has 6 heteroatoms. The minimum atomic E-state index is -0.786. The molecule has 1 unspecified atom stereocenters. The fraction of sp³-hybridized carbons (Fsp3) is 0.753. The van der Waals surface area contributed by atoms with Crippen molar-refractivity contribution in [3.63, 3.8) is 0 Å². The van der Waals surface area contributed by atoms with E-state index in [1.165, 1.54) is 193 Å². The molecule has 0 spiro atoms. The van der Waals surface area contributed by atoms with Gasteiger partial charge in [-0.3, -0.25) is 14.4 Å². The van der Waals surface area contributed by atoms with Crippen molar-refractivity contribution < 1.29 is 28.6 Å². The molecule has 0 heterocycles. The lowest BCUT2D eigenvalue weighted by molar-refractivity contribution is -0.167. The van der Waals surface area contributed by atoms with Crippen LogP contribution in [0.25, 0.3) is 0 Å². The van der Waals surface area contributed by atoms with Gasteiger partial charge in [-0.2, -0.15) is 0 Å². The molecule has 0 aromatic rings. The summed E-state index contributed by atoms with van der Waals surface area (Å²) < 4.78 is 16.9. The zero-order valence-electron chi connectivity index (χ0n) is 54.9. The van der Waals surface area contributed by atoms with Crippen LogP contribution >= 0.6 is 0 Å². The van der Waals surface area contributed by atoms with E-state index in [0.717, 1.165) is 122 Å². The first-order valence-corrected chi connectivity index (χ1v) is 35.7. The van der Waals surface area contributed by atoms with Gasteiger partial charge in [0.05, 0.1) is 0 Å². The van der Waals surface area contributed by atoms with E-state index in [-0.39, 0.29) is 31.1 Å². The molecule has 0 fully saturated rings. The third-order valence-electron chi connectivity index (χ3n) is 15.6. The van der Waals surface area contributed by atoms with Gasteiger partial charge in [0.25, 0.3) is 0 Å². The second-order valence-corrected chi connectivity index (χ2v) is 23.8. The third kappa shape index (κ3) is 69.0. The Bertz CT molecular complexity index is 1610. The van der Waals surface area contributed by atoms with E-state index >= 15 is 0 Å². The van der Waals surface area contributed by atoms with Crippen molar-refractivity contribution in [2.24, 2.45) is 0 Å². The maximum atomic E-state index is 12.9. The number of hydrogen-bond donors (Lipinski definition) is 0. The number of hydrogen-bond acceptors (Lipinski definition) is 6. The predicted octanol–water partition coefficient (Wildman–Crippen LogP) is 24.8. The summed E-state index contributed by atoms with van der Waals surface area (Å²) in [5, 5.41) is 0. The SMILES string of the molecule is CC/C=C\C/C=C\C/C=C\C/C=C\C/C=C\C/C=C\C/C=C\C/C=C\CCCCCCC(=O)OCC(COC(=O)CCCCCCCCC)OC(=O)CCCCCCCCCCCCCCCCCCCCCCCCCCCCCCC. The van der Waals surface area contributed by atoms with Crippen LogP contribution in [0.2, 0.25) is 0 Å². The first-order chi connectivity index (χ1) is 41.0. The van der Waals surface area contributed by atoms with Crippen LogP contribution in [0.3, 0.4) is 0 Å². The zero-order valence-corrected chi connectivity index (χ0v) is 54.9. The highest BCUT2D eigenvalue weighted by molar-refractivity contribution is 5.71. The highest BCUT2D eigenvalue weighted by Crippen LogP contribution is 2.18. The number of ether oxygens (including phenoxy) is 3. The van der Waals surface area contributed by atoms with Crippen molar-refractivity contribution in [2.75, 3.05) is 13.2 Å². The Morgan fingerprint density at radius 3 is 0.735 bits per heavy atom. The number of esters is 3. The van der Waals surface area contributed by atoms with E-state index in [1.54, 1.807) is 0 Å². The molecule has 478 valence electrons. The summed E-state index contributed by atoms with van der Waals surface area (Å²) in [6, 6.07) is 0. The van der Waals surface area contributed by atoms with Gasteiger partial charge in [0, 0.05) is 19.3 Å². The van der Waals surface area contributed by atoms with Crippen molar-refractivity contribution in [2.45, 2.75) is 361 Å². The third-order valence-corrected chi connectivity index (χ3v) is 15.6. The van der Waals surface area contributed by atoms with Gasteiger partial charge in [-0.1, -0.05) is 349 Å². The summed E-state index contributed by atoms with van der Waals surface area (Å²) in [5.41, 5.74) is 0. The molecule has 0 radical (unpaired) electrons. The number of unbranched alkanes of at least 4 members (excludes halogenated alkanes) is 38. The second-order valence-electron chi connectivity index (χ2n) is 23.8. The fourth-order valence-electron chi connectivity index (χ4n) is 10.3. The van der Waals surface area contributed by atoms with Crippen LogP contribution in [0.4, 0.5) is 0 Å². The predicted molar refractivity (Wildman–Crippen MR) is 362 cm³/mol. The first kappa shape index (κ1) is 79.3.